The van der Waals surface area contributed by atoms with E-state index in [1.54, 1.807) is 13.8 Å². The van der Waals surface area contributed by atoms with E-state index in [9.17, 15) is 4.79 Å². The number of esters is 1. The fraction of sp³-hybridized carbons (Fsp3) is 0.500. The van der Waals surface area contributed by atoms with E-state index < -0.39 is 11.6 Å². The highest BCUT2D eigenvalue weighted by molar-refractivity contribution is 6.08. The van der Waals surface area contributed by atoms with Crippen molar-refractivity contribution in [2.45, 2.75) is 32.7 Å². The van der Waals surface area contributed by atoms with Crippen molar-refractivity contribution < 1.29 is 19.0 Å². The fourth-order valence-electron chi connectivity index (χ4n) is 1.61. The summed E-state index contributed by atoms with van der Waals surface area (Å²) in [5.74, 6) is 1.06. The number of hydrogen-bond acceptors (Lipinski definition) is 4. The second-order valence-corrected chi connectivity index (χ2v) is 4.88. The van der Waals surface area contributed by atoms with Gasteiger partial charge in [0.1, 0.15) is 19.3 Å². The van der Waals surface area contributed by atoms with Crippen molar-refractivity contribution in [2.75, 3.05) is 13.7 Å². The topological polar surface area (TPSA) is 44.8 Å². The van der Waals surface area contributed by atoms with Gasteiger partial charge in [0.05, 0.1) is 13.7 Å². The summed E-state index contributed by atoms with van der Waals surface area (Å²) >= 11 is 0. The maximum atomic E-state index is 11.6. The van der Waals surface area contributed by atoms with Crippen LogP contribution in [0.3, 0.4) is 0 Å². The highest BCUT2D eigenvalue weighted by atomic mass is 16.6. The Morgan fingerprint density at radius 1 is 1.37 bits per heavy atom. The summed E-state index contributed by atoms with van der Waals surface area (Å²) in [5.41, 5.74) is -0.0868. The lowest BCUT2D eigenvalue weighted by atomic mass is 10.1. The van der Waals surface area contributed by atoms with Crippen LogP contribution in [0.4, 0.5) is 0 Å². The van der Waals surface area contributed by atoms with Crippen LogP contribution in [-0.2, 0) is 9.53 Å². The Morgan fingerprint density at radius 2 is 2.05 bits per heavy atom. The standard InChI is InChI=1S/C14H21BO4/c1-10-9-11(18-8-7-15)5-6-12(10)19-14(2,3)13(16)17-4/h5-6,9H,7-8,15H2,1-4H3. The maximum Gasteiger partial charge on any atom is 0.349 e. The molecule has 0 saturated carbocycles. The van der Waals surface area contributed by atoms with Crippen molar-refractivity contribution in [3.8, 4) is 11.5 Å². The minimum Gasteiger partial charge on any atom is -0.494 e. The first kappa shape index (κ1) is 15.4. The molecule has 0 spiro atoms. The maximum absolute atomic E-state index is 11.6. The minimum atomic E-state index is -1.01. The predicted molar refractivity (Wildman–Crippen MR) is 76.7 cm³/mol. The van der Waals surface area contributed by atoms with Gasteiger partial charge < -0.3 is 14.2 Å². The number of aryl methyl sites for hydroxylation is 1. The van der Waals surface area contributed by atoms with E-state index in [-0.39, 0.29) is 0 Å². The molecule has 19 heavy (non-hydrogen) atoms. The Hall–Kier alpha value is -1.65. The molecule has 1 aromatic rings. The molecule has 0 atom stereocenters. The van der Waals surface area contributed by atoms with Gasteiger partial charge in [0.15, 0.2) is 5.60 Å². The quantitative estimate of drug-likeness (QED) is 0.580. The van der Waals surface area contributed by atoms with Crippen molar-refractivity contribution in [3.63, 3.8) is 0 Å². The van der Waals surface area contributed by atoms with Gasteiger partial charge in [-0.25, -0.2) is 4.79 Å². The molecule has 0 radical (unpaired) electrons. The van der Waals surface area contributed by atoms with E-state index in [0.29, 0.717) is 12.4 Å². The molecule has 0 N–H and O–H groups in total. The molecule has 0 fully saturated rings. The van der Waals surface area contributed by atoms with Crippen molar-refractivity contribution in [2.24, 2.45) is 0 Å². The molecule has 0 unspecified atom stereocenters. The molecule has 5 heteroatoms. The molecular weight excluding hydrogens is 243 g/mol. The zero-order chi connectivity index (χ0) is 14.5. The van der Waals surface area contributed by atoms with Gasteiger partial charge in [-0.3, -0.25) is 0 Å². The summed E-state index contributed by atoms with van der Waals surface area (Å²) in [6, 6.07) is 5.55. The second kappa shape index (κ2) is 6.50. The number of methoxy groups -OCH3 is 1. The Kier molecular flexibility index (Phi) is 5.27. The van der Waals surface area contributed by atoms with Crippen LogP contribution in [0.25, 0.3) is 0 Å². The highest BCUT2D eigenvalue weighted by Crippen LogP contribution is 2.27. The van der Waals surface area contributed by atoms with Gasteiger partial charge in [0.25, 0.3) is 0 Å². The lowest BCUT2D eigenvalue weighted by molar-refractivity contribution is -0.156. The van der Waals surface area contributed by atoms with Crippen LogP contribution in [0.5, 0.6) is 11.5 Å². The molecule has 0 aliphatic rings. The molecule has 0 heterocycles. The SMILES string of the molecule is BCCOc1ccc(OC(C)(C)C(=O)OC)c(C)c1. The monoisotopic (exact) mass is 264 g/mol. The molecule has 0 bridgehead atoms. The summed E-state index contributed by atoms with van der Waals surface area (Å²) in [6.45, 7) is 5.97. The van der Waals surface area contributed by atoms with E-state index in [1.807, 2.05) is 25.1 Å². The normalized spacial score (nSPS) is 10.9. The first-order valence-corrected chi connectivity index (χ1v) is 6.41. The molecule has 104 valence electrons. The van der Waals surface area contributed by atoms with Crippen LogP contribution in [0.1, 0.15) is 19.4 Å². The molecule has 0 saturated heterocycles. The van der Waals surface area contributed by atoms with Gasteiger partial charge in [-0.1, -0.05) is 0 Å². The van der Waals surface area contributed by atoms with E-state index in [4.69, 9.17) is 14.2 Å². The molecule has 0 amide bonds. The fourth-order valence-corrected chi connectivity index (χ4v) is 1.61. The molecule has 1 aromatic carbocycles. The van der Waals surface area contributed by atoms with E-state index in [0.717, 1.165) is 17.6 Å². The molecule has 0 aliphatic heterocycles. The van der Waals surface area contributed by atoms with Gasteiger partial charge in [-0.2, -0.15) is 0 Å². The van der Waals surface area contributed by atoms with E-state index in [2.05, 4.69) is 7.85 Å². The highest BCUT2D eigenvalue weighted by Gasteiger charge is 2.31. The van der Waals surface area contributed by atoms with Crippen molar-refractivity contribution in [1.82, 2.24) is 0 Å². The summed E-state index contributed by atoms with van der Waals surface area (Å²) in [5, 5.41) is 0. The second-order valence-electron chi connectivity index (χ2n) is 4.88. The zero-order valence-electron chi connectivity index (χ0n) is 12.3. The van der Waals surface area contributed by atoms with Crippen LogP contribution >= 0.6 is 0 Å². The Morgan fingerprint density at radius 3 is 2.58 bits per heavy atom. The predicted octanol–water partition coefficient (Wildman–Crippen LogP) is 1.76. The molecular formula is C14H21BO4. The van der Waals surface area contributed by atoms with E-state index in [1.165, 1.54) is 7.11 Å². The van der Waals surface area contributed by atoms with Gasteiger partial charge in [0.2, 0.25) is 0 Å². The average molecular weight is 264 g/mol. The number of ether oxygens (including phenoxy) is 3. The minimum absolute atomic E-state index is 0.404. The van der Waals surface area contributed by atoms with Gasteiger partial charge >= 0.3 is 5.97 Å². The lowest BCUT2D eigenvalue weighted by Crippen LogP contribution is -2.39. The Bertz CT molecular complexity index is 443. The first-order chi connectivity index (χ1) is 8.90. The van der Waals surface area contributed by atoms with Crippen LogP contribution in [0.2, 0.25) is 6.32 Å². The van der Waals surface area contributed by atoms with Crippen LogP contribution in [0, 0.1) is 6.92 Å². The summed E-state index contributed by atoms with van der Waals surface area (Å²) in [6.07, 6.45) is 0.965. The van der Waals surface area contributed by atoms with Gasteiger partial charge in [-0.05, 0) is 50.9 Å². The van der Waals surface area contributed by atoms with Gasteiger partial charge in [-0.15, -0.1) is 0 Å². The molecule has 0 aliphatic carbocycles. The van der Waals surface area contributed by atoms with E-state index >= 15 is 0 Å². The molecule has 4 nitrogen and oxygen atoms in total. The first-order valence-electron chi connectivity index (χ1n) is 6.41. The van der Waals surface area contributed by atoms with Crippen LogP contribution in [0.15, 0.2) is 18.2 Å². The Balaban J connectivity index is 2.82. The number of hydrogen-bond donors (Lipinski definition) is 0. The molecule has 1 rings (SSSR count). The van der Waals surface area contributed by atoms with Crippen LogP contribution < -0.4 is 9.47 Å². The third-order valence-corrected chi connectivity index (χ3v) is 2.66. The van der Waals surface area contributed by atoms with Crippen molar-refractivity contribution in [1.29, 1.82) is 0 Å². The number of carbonyl (C=O) groups is 1. The Labute approximate surface area is 115 Å². The van der Waals surface area contributed by atoms with Gasteiger partial charge in [0, 0.05) is 0 Å². The summed E-state index contributed by atoms with van der Waals surface area (Å²) in [4.78, 5) is 11.6. The van der Waals surface area contributed by atoms with Crippen molar-refractivity contribution >= 4 is 13.8 Å². The average Bonchev–Trinajstić information content (AvgIpc) is 2.38. The summed E-state index contributed by atoms with van der Waals surface area (Å²) in [7, 11) is 3.41. The number of carbonyl (C=O) groups excluding carboxylic acids is 1. The summed E-state index contributed by atoms with van der Waals surface area (Å²) < 4.78 is 16.0. The lowest BCUT2D eigenvalue weighted by Gasteiger charge is -2.24. The smallest absolute Gasteiger partial charge is 0.349 e. The number of rotatable bonds is 6. The number of benzene rings is 1. The molecule has 0 aromatic heterocycles. The van der Waals surface area contributed by atoms with Crippen LogP contribution in [-0.4, -0.2) is 33.1 Å². The van der Waals surface area contributed by atoms with Crippen molar-refractivity contribution in [3.05, 3.63) is 23.8 Å². The zero-order valence-corrected chi connectivity index (χ0v) is 12.3. The third kappa shape index (κ3) is 4.19. The third-order valence-electron chi connectivity index (χ3n) is 2.66. The largest absolute Gasteiger partial charge is 0.494 e.